The Kier molecular flexibility index (Phi) is 22.6. The van der Waals surface area contributed by atoms with Crippen molar-refractivity contribution in [3.63, 3.8) is 0 Å². The van der Waals surface area contributed by atoms with Gasteiger partial charge in [0.25, 0.3) is 0 Å². The lowest BCUT2D eigenvalue weighted by molar-refractivity contribution is -0.143. The average Bonchev–Trinajstić information content (AvgIpc) is 2.90. The molecule has 0 aromatic heterocycles. The van der Waals surface area contributed by atoms with Gasteiger partial charge in [-0.3, -0.25) is 24.0 Å². The molecule has 6 N–H and O–H groups in total. The molecule has 0 aliphatic rings. The first-order chi connectivity index (χ1) is 18.7. The Morgan fingerprint density at radius 3 is 1.95 bits per heavy atom. The highest BCUT2D eigenvalue weighted by Crippen LogP contribution is 2.11. The Morgan fingerprint density at radius 2 is 1.38 bits per heavy atom. The molecule has 0 aromatic rings. The van der Waals surface area contributed by atoms with E-state index in [2.05, 4.69) is 46.5 Å². The van der Waals surface area contributed by atoms with Gasteiger partial charge in [-0.25, -0.2) is 0 Å². The van der Waals surface area contributed by atoms with Crippen LogP contribution in [0.3, 0.4) is 0 Å². The molecule has 0 saturated carbocycles. The number of nitrogens with two attached hydrogens (primary N) is 1. The van der Waals surface area contributed by atoms with Crippen molar-refractivity contribution in [1.82, 2.24) is 26.2 Å². The van der Waals surface area contributed by atoms with E-state index in [1.54, 1.807) is 7.05 Å². The van der Waals surface area contributed by atoms with Crippen LogP contribution in [0, 0.1) is 0 Å². The number of thiol groups is 2. The summed E-state index contributed by atoms with van der Waals surface area (Å²) < 4.78 is 0. The van der Waals surface area contributed by atoms with Crippen molar-refractivity contribution in [3.05, 3.63) is 0 Å². The van der Waals surface area contributed by atoms with E-state index >= 15 is 0 Å². The van der Waals surface area contributed by atoms with Crippen LogP contribution >= 0.6 is 25.3 Å². The molecule has 226 valence electrons. The predicted molar refractivity (Wildman–Crippen MR) is 161 cm³/mol. The summed E-state index contributed by atoms with van der Waals surface area (Å²) in [5.74, 6) is -0.370. The van der Waals surface area contributed by atoms with Crippen LogP contribution in [0.1, 0.15) is 77.0 Å². The van der Waals surface area contributed by atoms with Crippen molar-refractivity contribution < 1.29 is 24.0 Å². The first-order valence-electron chi connectivity index (χ1n) is 13.9. The van der Waals surface area contributed by atoms with Crippen LogP contribution in [0.4, 0.5) is 0 Å². The predicted octanol–water partition coefficient (Wildman–Crippen LogP) is 0.776. The van der Waals surface area contributed by atoms with E-state index in [1.165, 1.54) is 11.9 Å². The third kappa shape index (κ3) is 18.8. The number of hydrogen-bond donors (Lipinski definition) is 7. The molecule has 0 fully saturated rings. The van der Waals surface area contributed by atoms with Gasteiger partial charge in [0.2, 0.25) is 29.5 Å². The minimum atomic E-state index is -1.09. The largest absolute Gasteiger partial charge is 0.370 e. The van der Waals surface area contributed by atoms with E-state index in [9.17, 15) is 24.0 Å². The molecule has 0 unspecified atom stereocenters. The average molecular weight is 591 g/mol. The first-order valence-corrected chi connectivity index (χ1v) is 15.2. The lowest BCUT2D eigenvalue weighted by Crippen LogP contribution is -2.55. The molecule has 0 heterocycles. The van der Waals surface area contributed by atoms with Crippen LogP contribution in [0.2, 0.25) is 0 Å². The van der Waals surface area contributed by atoms with Crippen molar-refractivity contribution in [2.24, 2.45) is 5.73 Å². The molecule has 0 aromatic carbocycles. The molecule has 0 rings (SSSR count). The Morgan fingerprint density at radius 1 is 0.769 bits per heavy atom. The second-order valence-corrected chi connectivity index (χ2v) is 10.5. The smallest absolute Gasteiger partial charge is 0.245 e. The number of rotatable bonds is 24. The van der Waals surface area contributed by atoms with Gasteiger partial charge in [-0.15, -0.1) is 0 Å². The van der Waals surface area contributed by atoms with Crippen LogP contribution in [0.5, 0.6) is 0 Å². The second-order valence-electron chi connectivity index (χ2n) is 9.56. The van der Waals surface area contributed by atoms with Crippen molar-refractivity contribution in [2.75, 3.05) is 45.2 Å². The summed E-state index contributed by atoms with van der Waals surface area (Å²) in [5.41, 5.74) is 5.36. The molecule has 0 bridgehead atoms. The maximum absolute atomic E-state index is 13.4. The topological polar surface area (TPSA) is 163 Å². The first kappa shape index (κ1) is 37.0. The maximum atomic E-state index is 13.4. The maximum Gasteiger partial charge on any atom is 0.245 e. The SMILES string of the molecule is CNCCNC(=O)[C@H](CC(N)=O)N(C)C(=O)[C@H](CCCCNC(=O)CCCCCS)NC(=O)CCCCCS. The number of carbonyl (C=O) groups excluding carboxylic acids is 5. The fourth-order valence-corrected chi connectivity index (χ4v) is 4.33. The Bertz CT molecular complexity index is 744. The molecular formula is C26H50N6O5S2. The zero-order valence-corrected chi connectivity index (χ0v) is 25.4. The number of carbonyl (C=O) groups is 5. The second kappa shape index (κ2) is 23.9. The Labute approximate surface area is 244 Å². The molecule has 0 spiro atoms. The van der Waals surface area contributed by atoms with Crippen molar-refractivity contribution in [2.45, 2.75) is 89.1 Å². The third-order valence-corrected chi connectivity index (χ3v) is 6.82. The Hall–Kier alpha value is -1.99. The van der Waals surface area contributed by atoms with Gasteiger partial charge in [0, 0.05) is 39.5 Å². The quantitative estimate of drug-likeness (QED) is 0.0649. The lowest BCUT2D eigenvalue weighted by Gasteiger charge is -2.30. The van der Waals surface area contributed by atoms with Gasteiger partial charge in [-0.2, -0.15) is 25.3 Å². The zero-order valence-electron chi connectivity index (χ0n) is 23.6. The van der Waals surface area contributed by atoms with Gasteiger partial charge in [0.05, 0.1) is 6.42 Å². The number of primary amides is 1. The number of unbranched alkanes of at least 4 members (excludes halogenated alkanes) is 5. The van der Waals surface area contributed by atoms with Crippen LogP contribution in [-0.4, -0.2) is 91.8 Å². The highest BCUT2D eigenvalue weighted by atomic mass is 32.1. The van der Waals surface area contributed by atoms with E-state index in [1.807, 2.05) is 0 Å². The van der Waals surface area contributed by atoms with E-state index in [4.69, 9.17) is 5.73 Å². The summed E-state index contributed by atoms with van der Waals surface area (Å²) in [6.45, 7) is 1.31. The van der Waals surface area contributed by atoms with Crippen molar-refractivity contribution in [1.29, 1.82) is 0 Å². The molecule has 2 atom stereocenters. The summed E-state index contributed by atoms with van der Waals surface area (Å²) in [6.07, 6.45) is 7.16. The van der Waals surface area contributed by atoms with Gasteiger partial charge in [0.15, 0.2) is 0 Å². The fourth-order valence-electron chi connectivity index (χ4n) is 3.89. The van der Waals surface area contributed by atoms with Gasteiger partial charge >= 0.3 is 0 Å². The number of hydrogen-bond acceptors (Lipinski definition) is 8. The molecule has 0 aliphatic carbocycles. The highest BCUT2D eigenvalue weighted by Gasteiger charge is 2.32. The van der Waals surface area contributed by atoms with E-state index < -0.39 is 29.8 Å². The van der Waals surface area contributed by atoms with Crippen LogP contribution in [-0.2, 0) is 24.0 Å². The molecule has 5 amide bonds. The van der Waals surface area contributed by atoms with E-state index in [0.29, 0.717) is 51.7 Å². The summed E-state index contributed by atoms with van der Waals surface area (Å²) in [5, 5.41) is 11.3. The van der Waals surface area contributed by atoms with Gasteiger partial charge in [-0.1, -0.05) is 12.8 Å². The minimum absolute atomic E-state index is 0.00498. The van der Waals surface area contributed by atoms with Crippen molar-refractivity contribution >= 4 is 54.8 Å². The molecule has 39 heavy (non-hydrogen) atoms. The van der Waals surface area contributed by atoms with E-state index in [-0.39, 0.29) is 24.7 Å². The van der Waals surface area contributed by atoms with Gasteiger partial charge in [0.1, 0.15) is 12.1 Å². The zero-order chi connectivity index (χ0) is 29.5. The summed E-state index contributed by atoms with van der Waals surface area (Å²) in [4.78, 5) is 63.6. The normalized spacial score (nSPS) is 12.3. The highest BCUT2D eigenvalue weighted by molar-refractivity contribution is 7.80. The monoisotopic (exact) mass is 590 g/mol. The molecule has 0 radical (unpaired) electrons. The third-order valence-electron chi connectivity index (χ3n) is 6.19. The lowest BCUT2D eigenvalue weighted by atomic mass is 10.0. The summed E-state index contributed by atoms with van der Waals surface area (Å²) in [7, 11) is 3.18. The number of amides is 5. The standard InChI is InChI=1S/C26H50N6O5S2/c1-28-15-16-30-25(36)21(19-22(27)33)32(2)26(37)20(31-24(35)13-6-4-10-18-39)11-7-8-14-29-23(34)12-5-3-9-17-38/h20-21,28,38-39H,3-19H2,1-2H3,(H2,27,33)(H,29,34)(H,30,36)(H,31,35)/t20-,21-/m0/s1. The van der Waals surface area contributed by atoms with Gasteiger partial charge in [-0.05, 0) is 63.5 Å². The summed E-state index contributed by atoms with van der Waals surface area (Å²) >= 11 is 8.35. The van der Waals surface area contributed by atoms with Crippen LogP contribution in [0.15, 0.2) is 0 Å². The molecule has 0 saturated heterocycles. The molecule has 11 nitrogen and oxygen atoms in total. The van der Waals surface area contributed by atoms with Crippen LogP contribution in [0.25, 0.3) is 0 Å². The molecular weight excluding hydrogens is 540 g/mol. The molecule has 0 aliphatic heterocycles. The Balaban J connectivity index is 5.16. The number of nitrogens with one attached hydrogen (secondary N) is 4. The van der Waals surface area contributed by atoms with Gasteiger partial charge < -0.3 is 31.9 Å². The van der Waals surface area contributed by atoms with E-state index in [0.717, 1.165) is 43.6 Å². The molecule has 13 heteroatoms. The number of likely N-dealkylation sites (N-methyl/N-ethyl adjacent to an activating group) is 2. The van der Waals surface area contributed by atoms with Crippen LogP contribution < -0.4 is 27.0 Å². The fraction of sp³-hybridized carbons (Fsp3) is 0.808. The summed E-state index contributed by atoms with van der Waals surface area (Å²) in [6, 6.07) is -1.96. The number of nitrogens with zero attached hydrogens (tertiary/aromatic N) is 1. The minimum Gasteiger partial charge on any atom is -0.370 e. The van der Waals surface area contributed by atoms with Crippen molar-refractivity contribution in [3.8, 4) is 0 Å².